The fraction of sp³-hybridized carbons (Fsp3) is 0.0909. The first kappa shape index (κ1) is 15.6. The Hall–Kier alpha value is -3.60. The van der Waals surface area contributed by atoms with Gasteiger partial charge in [-0.25, -0.2) is 0 Å². The van der Waals surface area contributed by atoms with Gasteiger partial charge in [0.05, 0.1) is 6.42 Å². The van der Waals surface area contributed by atoms with Crippen molar-refractivity contribution in [2.75, 3.05) is 0 Å². The number of nitrogens with zero attached hydrogens (tertiary/aromatic N) is 2. The predicted octanol–water partition coefficient (Wildman–Crippen LogP) is 5.38. The van der Waals surface area contributed by atoms with E-state index in [0.29, 0.717) is 23.9 Å². The summed E-state index contributed by atoms with van der Waals surface area (Å²) >= 11 is 0. The van der Waals surface area contributed by atoms with Crippen molar-refractivity contribution >= 4 is 10.9 Å². The van der Waals surface area contributed by atoms with E-state index in [9.17, 15) is 0 Å². The molecule has 5 nitrogen and oxygen atoms in total. The molecule has 0 amide bonds. The number of aromatic nitrogens is 3. The lowest BCUT2D eigenvalue weighted by atomic mass is 10.1. The number of aromatic amines is 1. The average Bonchev–Trinajstić information content (AvgIpc) is 3.42. The number of fused-ring (bicyclic) bond motifs is 1. The second-order valence-corrected chi connectivity index (χ2v) is 6.58. The molecule has 0 aliphatic carbocycles. The molecule has 132 valence electrons. The van der Waals surface area contributed by atoms with Crippen molar-refractivity contribution in [2.45, 2.75) is 13.3 Å². The fourth-order valence-electron chi connectivity index (χ4n) is 3.28. The highest BCUT2D eigenvalue weighted by Crippen LogP contribution is 2.28. The Morgan fingerprint density at radius 1 is 0.963 bits per heavy atom. The zero-order valence-electron chi connectivity index (χ0n) is 14.8. The summed E-state index contributed by atoms with van der Waals surface area (Å²) in [6, 6.07) is 20.1. The summed E-state index contributed by atoms with van der Waals surface area (Å²) in [6.45, 7) is 2.06. The van der Waals surface area contributed by atoms with Crippen LogP contribution in [0.5, 0.6) is 0 Å². The lowest BCUT2D eigenvalue weighted by Crippen LogP contribution is -1.87. The van der Waals surface area contributed by atoms with Crippen LogP contribution in [0.4, 0.5) is 0 Å². The molecule has 1 N–H and O–H groups in total. The van der Waals surface area contributed by atoms with Crippen LogP contribution in [0.2, 0.25) is 0 Å². The molecule has 5 heteroatoms. The molecule has 0 spiro atoms. The third-order valence-corrected chi connectivity index (χ3v) is 4.61. The number of hydrogen-bond acceptors (Lipinski definition) is 4. The smallest absolute Gasteiger partial charge is 0.238 e. The third-order valence-electron chi connectivity index (χ3n) is 4.61. The molecular weight excluding hydrogens is 338 g/mol. The van der Waals surface area contributed by atoms with Crippen molar-refractivity contribution < 1.29 is 8.94 Å². The first-order valence-corrected chi connectivity index (χ1v) is 8.81. The minimum Gasteiger partial charge on any atom is -0.453 e. The maximum atomic E-state index is 5.94. The molecule has 27 heavy (non-hydrogen) atoms. The van der Waals surface area contributed by atoms with Gasteiger partial charge in [-0.1, -0.05) is 47.1 Å². The van der Waals surface area contributed by atoms with Gasteiger partial charge in [-0.15, -0.1) is 0 Å². The van der Waals surface area contributed by atoms with Crippen LogP contribution < -0.4 is 0 Å². The van der Waals surface area contributed by atoms with Gasteiger partial charge in [0.15, 0.2) is 5.76 Å². The summed E-state index contributed by atoms with van der Waals surface area (Å²) in [5, 5.41) is 5.25. The molecule has 5 aromatic rings. The van der Waals surface area contributed by atoms with Gasteiger partial charge in [0.25, 0.3) is 0 Å². The molecule has 0 aliphatic rings. The van der Waals surface area contributed by atoms with Crippen molar-refractivity contribution in [3.05, 3.63) is 83.9 Å². The Morgan fingerprint density at radius 3 is 2.78 bits per heavy atom. The second-order valence-electron chi connectivity index (χ2n) is 6.58. The molecule has 0 aliphatic heterocycles. The van der Waals surface area contributed by atoms with E-state index >= 15 is 0 Å². The molecule has 0 radical (unpaired) electrons. The zero-order chi connectivity index (χ0) is 18.2. The van der Waals surface area contributed by atoms with Gasteiger partial charge in [-0.3, -0.25) is 0 Å². The zero-order valence-corrected chi connectivity index (χ0v) is 14.8. The second kappa shape index (κ2) is 6.29. The van der Waals surface area contributed by atoms with Gasteiger partial charge < -0.3 is 13.9 Å². The van der Waals surface area contributed by atoms with Crippen LogP contribution in [0.25, 0.3) is 33.8 Å². The van der Waals surface area contributed by atoms with E-state index in [1.807, 2.05) is 48.7 Å². The number of para-hydroxylation sites is 1. The molecule has 0 saturated carbocycles. The molecule has 3 aromatic heterocycles. The third kappa shape index (κ3) is 2.93. The Morgan fingerprint density at radius 2 is 1.85 bits per heavy atom. The maximum absolute atomic E-state index is 5.94. The number of hydrogen-bond donors (Lipinski definition) is 1. The molecular formula is C22H17N3O2. The highest BCUT2D eigenvalue weighted by atomic mass is 16.5. The van der Waals surface area contributed by atoms with Crippen molar-refractivity contribution in [3.8, 4) is 22.9 Å². The van der Waals surface area contributed by atoms with Gasteiger partial charge in [-0.05, 0) is 36.8 Å². The Labute approximate surface area is 155 Å². The number of aryl methyl sites for hydroxylation is 1. The maximum Gasteiger partial charge on any atom is 0.238 e. The number of nitrogens with one attached hydrogen (secondary N) is 1. The summed E-state index contributed by atoms with van der Waals surface area (Å²) in [4.78, 5) is 7.77. The molecule has 0 unspecified atom stereocenters. The van der Waals surface area contributed by atoms with Crippen LogP contribution in [0.1, 0.15) is 17.0 Å². The minimum atomic E-state index is 0.462. The molecule has 0 bridgehead atoms. The average molecular weight is 355 g/mol. The van der Waals surface area contributed by atoms with E-state index in [1.54, 1.807) is 0 Å². The normalized spacial score (nSPS) is 11.3. The highest BCUT2D eigenvalue weighted by molar-refractivity contribution is 5.83. The topological polar surface area (TPSA) is 67.8 Å². The van der Waals surface area contributed by atoms with E-state index in [-0.39, 0.29) is 0 Å². The monoisotopic (exact) mass is 355 g/mol. The largest absolute Gasteiger partial charge is 0.453 e. The summed E-state index contributed by atoms with van der Waals surface area (Å²) in [7, 11) is 0. The minimum absolute atomic E-state index is 0.462. The molecule has 0 saturated heterocycles. The Bertz CT molecular complexity index is 1230. The van der Waals surface area contributed by atoms with Crippen molar-refractivity contribution in [2.24, 2.45) is 0 Å². The van der Waals surface area contributed by atoms with E-state index in [2.05, 4.69) is 40.2 Å². The summed E-state index contributed by atoms with van der Waals surface area (Å²) in [5.74, 6) is 2.41. The lowest BCUT2D eigenvalue weighted by Gasteiger charge is -1.97. The van der Waals surface area contributed by atoms with Gasteiger partial charge in [0.1, 0.15) is 5.76 Å². The van der Waals surface area contributed by atoms with Crippen LogP contribution >= 0.6 is 0 Å². The quantitative estimate of drug-likeness (QED) is 0.470. The SMILES string of the molecule is Cc1cccc(-c2ccc(-c3noc(Cc4c[nH]c5ccccc45)n3)o2)c1. The van der Waals surface area contributed by atoms with Crippen LogP contribution in [0.15, 0.2) is 75.8 Å². The number of rotatable bonds is 4. The van der Waals surface area contributed by atoms with E-state index in [4.69, 9.17) is 8.94 Å². The van der Waals surface area contributed by atoms with Crippen molar-refractivity contribution in [3.63, 3.8) is 0 Å². The Kier molecular flexibility index (Phi) is 3.64. The Balaban J connectivity index is 1.41. The molecule has 5 rings (SSSR count). The molecule has 0 atom stereocenters. The van der Waals surface area contributed by atoms with Gasteiger partial charge in [0, 0.05) is 22.7 Å². The predicted molar refractivity (Wildman–Crippen MR) is 103 cm³/mol. The molecule has 0 fully saturated rings. The number of H-pyrrole nitrogens is 1. The summed E-state index contributed by atoms with van der Waals surface area (Å²) in [5.41, 5.74) is 4.44. The van der Waals surface area contributed by atoms with E-state index in [1.165, 1.54) is 5.56 Å². The van der Waals surface area contributed by atoms with Gasteiger partial charge in [0.2, 0.25) is 11.7 Å². The van der Waals surface area contributed by atoms with E-state index in [0.717, 1.165) is 27.8 Å². The van der Waals surface area contributed by atoms with E-state index < -0.39 is 0 Å². The standard InChI is InChI=1S/C22H17N3O2/c1-14-5-4-6-15(11-14)19-9-10-20(26-19)22-24-21(27-25-22)12-16-13-23-18-8-3-2-7-17(16)18/h2-11,13,23H,12H2,1H3. The van der Waals surface area contributed by atoms with Crippen LogP contribution in [-0.4, -0.2) is 15.1 Å². The summed E-state index contributed by atoms with van der Waals surface area (Å²) < 4.78 is 11.4. The van der Waals surface area contributed by atoms with Gasteiger partial charge >= 0.3 is 0 Å². The van der Waals surface area contributed by atoms with Crippen molar-refractivity contribution in [1.29, 1.82) is 0 Å². The summed E-state index contributed by atoms with van der Waals surface area (Å²) in [6.07, 6.45) is 2.56. The highest BCUT2D eigenvalue weighted by Gasteiger charge is 2.15. The first-order valence-electron chi connectivity index (χ1n) is 8.81. The van der Waals surface area contributed by atoms with Crippen molar-refractivity contribution in [1.82, 2.24) is 15.1 Å². The van der Waals surface area contributed by atoms with Crippen LogP contribution in [-0.2, 0) is 6.42 Å². The molecule has 3 heterocycles. The fourth-order valence-corrected chi connectivity index (χ4v) is 3.28. The number of benzene rings is 2. The van der Waals surface area contributed by atoms with Crippen LogP contribution in [0, 0.1) is 6.92 Å². The van der Waals surface area contributed by atoms with Gasteiger partial charge in [-0.2, -0.15) is 4.98 Å². The first-order chi connectivity index (χ1) is 13.3. The number of furan rings is 1. The van der Waals surface area contributed by atoms with Crippen LogP contribution in [0.3, 0.4) is 0 Å². The lowest BCUT2D eigenvalue weighted by molar-refractivity contribution is 0.384. The molecule has 2 aromatic carbocycles.